The predicted octanol–water partition coefficient (Wildman–Crippen LogP) is 3.40. The standard InChI is InChI=1S/C17H16N2O2/c1-20-16-8-7-13(18)10-12(16)11-21-17-6-2-5-15-14(17)4-3-9-19-15/h2-10H,11,18H2,1H3. The van der Waals surface area contributed by atoms with E-state index in [0.29, 0.717) is 12.3 Å². The third kappa shape index (κ3) is 2.74. The van der Waals surface area contributed by atoms with Crippen LogP contribution < -0.4 is 15.2 Å². The van der Waals surface area contributed by atoms with Crippen LogP contribution >= 0.6 is 0 Å². The van der Waals surface area contributed by atoms with E-state index < -0.39 is 0 Å². The molecule has 0 unspecified atom stereocenters. The van der Waals surface area contributed by atoms with Crippen molar-refractivity contribution < 1.29 is 9.47 Å². The van der Waals surface area contributed by atoms with Crippen molar-refractivity contribution in [3.8, 4) is 11.5 Å². The first kappa shape index (κ1) is 13.2. The van der Waals surface area contributed by atoms with Crippen molar-refractivity contribution in [3.63, 3.8) is 0 Å². The lowest BCUT2D eigenvalue weighted by molar-refractivity contribution is 0.300. The van der Waals surface area contributed by atoms with Crippen LogP contribution in [0.15, 0.2) is 54.7 Å². The molecule has 0 aliphatic rings. The summed E-state index contributed by atoms with van der Waals surface area (Å²) < 4.78 is 11.3. The SMILES string of the molecule is COc1ccc(N)cc1COc1cccc2ncccc12. The van der Waals surface area contributed by atoms with Crippen molar-refractivity contribution in [2.24, 2.45) is 0 Å². The summed E-state index contributed by atoms with van der Waals surface area (Å²) in [6, 6.07) is 15.2. The Morgan fingerprint density at radius 2 is 1.95 bits per heavy atom. The summed E-state index contributed by atoms with van der Waals surface area (Å²) in [6.45, 7) is 0.391. The number of hydrogen-bond donors (Lipinski definition) is 1. The third-order valence-electron chi connectivity index (χ3n) is 3.29. The summed E-state index contributed by atoms with van der Waals surface area (Å²) in [4.78, 5) is 4.32. The number of hydrogen-bond acceptors (Lipinski definition) is 4. The highest BCUT2D eigenvalue weighted by atomic mass is 16.5. The van der Waals surface area contributed by atoms with Crippen molar-refractivity contribution in [2.75, 3.05) is 12.8 Å². The van der Waals surface area contributed by atoms with Crippen LogP contribution in [0.5, 0.6) is 11.5 Å². The zero-order valence-corrected chi connectivity index (χ0v) is 11.7. The topological polar surface area (TPSA) is 57.4 Å². The molecule has 3 aromatic rings. The molecule has 21 heavy (non-hydrogen) atoms. The molecule has 4 heteroatoms. The van der Waals surface area contributed by atoms with E-state index >= 15 is 0 Å². The van der Waals surface area contributed by atoms with Crippen molar-refractivity contribution >= 4 is 16.6 Å². The fourth-order valence-corrected chi connectivity index (χ4v) is 2.27. The first-order chi connectivity index (χ1) is 10.3. The zero-order chi connectivity index (χ0) is 14.7. The molecule has 0 amide bonds. The molecule has 0 atom stereocenters. The van der Waals surface area contributed by atoms with Gasteiger partial charge in [0.2, 0.25) is 0 Å². The van der Waals surface area contributed by atoms with Crippen LogP contribution in [-0.4, -0.2) is 12.1 Å². The van der Waals surface area contributed by atoms with Gasteiger partial charge in [-0.3, -0.25) is 4.98 Å². The van der Waals surface area contributed by atoms with E-state index in [9.17, 15) is 0 Å². The Bertz CT molecular complexity index is 766. The molecule has 0 saturated heterocycles. The van der Waals surface area contributed by atoms with Gasteiger partial charge in [-0.15, -0.1) is 0 Å². The Morgan fingerprint density at radius 1 is 1.05 bits per heavy atom. The first-order valence-electron chi connectivity index (χ1n) is 6.67. The predicted molar refractivity (Wildman–Crippen MR) is 83.5 cm³/mol. The maximum absolute atomic E-state index is 5.93. The summed E-state index contributed by atoms with van der Waals surface area (Å²) in [6.07, 6.45) is 1.77. The number of nitrogen functional groups attached to an aromatic ring is 1. The lowest BCUT2D eigenvalue weighted by Crippen LogP contribution is -2.00. The molecule has 106 valence electrons. The van der Waals surface area contributed by atoms with E-state index in [2.05, 4.69) is 4.98 Å². The lowest BCUT2D eigenvalue weighted by atomic mass is 10.2. The third-order valence-corrected chi connectivity index (χ3v) is 3.29. The number of nitrogens with two attached hydrogens (primary N) is 1. The Balaban J connectivity index is 1.89. The van der Waals surface area contributed by atoms with Gasteiger partial charge in [-0.25, -0.2) is 0 Å². The largest absolute Gasteiger partial charge is 0.496 e. The van der Waals surface area contributed by atoms with Crippen molar-refractivity contribution in [1.82, 2.24) is 4.98 Å². The van der Waals surface area contributed by atoms with Crippen LogP contribution in [0, 0.1) is 0 Å². The van der Waals surface area contributed by atoms with Crippen LogP contribution in [0.25, 0.3) is 10.9 Å². The molecule has 0 aliphatic heterocycles. The molecule has 0 fully saturated rings. The highest BCUT2D eigenvalue weighted by Crippen LogP contribution is 2.27. The number of benzene rings is 2. The van der Waals surface area contributed by atoms with Gasteiger partial charge in [0.05, 0.1) is 12.6 Å². The molecular formula is C17H16N2O2. The van der Waals surface area contributed by atoms with Gasteiger partial charge in [-0.05, 0) is 42.5 Å². The minimum atomic E-state index is 0.391. The van der Waals surface area contributed by atoms with Gasteiger partial charge in [-0.1, -0.05) is 6.07 Å². The Labute approximate surface area is 123 Å². The average molecular weight is 280 g/mol. The molecular weight excluding hydrogens is 264 g/mol. The van der Waals surface area contributed by atoms with Crippen LogP contribution in [-0.2, 0) is 6.61 Å². The number of methoxy groups -OCH3 is 1. The minimum Gasteiger partial charge on any atom is -0.496 e. The normalized spacial score (nSPS) is 10.5. The van der Waals surface area contributed by atoms with E-state index in [1.54, 1.807) is 13.3 Å². The molecule has 2 aromatic carbocycles. The summed E-state index contributed by atoms with van der Waals surface area (Å²) in [5, 5.41) is 0.989. The van der Waals surface area contributed by atoms with E-state index in [1.807, 2.05) is 48.5 Å². The second-order valence-electron chi connectivity index (χ2n) is 4.69. The number of pyridine rings is 1. The van der Waals surface area contributed by atoms with Crippen molar-refractivity contribution in [1.29, 1.82) is 0 Å². The maximum Gasteiger partial charge on any atom is 0.129 e. The van der Waals surface area contributed by atoms with E-state index in [1.165, 1.54) is 0 Å². The van der Waals surface area contributed by atoms with Gasteiger partial charge in [-0.2, -0.15) is 0 Å². The molecule has 0 spiro atoms. The Hall–Kier alpha value is -2.75. The first-order valence-corrected chi connectivity index (χ1v) is 6.67. The lowest BCUT2D eigenvalue weighted by Gasteiger charge is -2.12. The van der Waals surface area contributed by atoms with E-state index in [-0.39, 0.29) is 0 Å². The number of nitrogens with zero attached hydrogens (tertiary/aromatic N) is 1. The van der Waals surface area contributed by atoms with Crippen LogP contribution in [0.4, 0.5) is 5.69 Å². The Morgan fingerprint density at radius 3 is 2.81 bits per heavy atom. The quantitative estimate of drug-likeness (QED) is 0.744. The van der Waals surface area contributed by atoms with Gasteiger partial charge < -0.3 is 15.2 Å². The maximum atomic E-state index is 5.93. The second-order valence-corrected chi connectivity index (χ2v) is 4.69. The fraction of sp³-hybridized carbons (Fsp3) is 0.118. The summed E-state index contributed by atoms with van der Waals surface area (Å²) in [5.74, 6) is 1.56. The van der Waals surface area contributed by atoms with Crippen LogP contribution in [0.1, 0.15) is 5.56 Å². The fourth-order valence-electron chi connectivity index (χ4n) is 2.27. The molecule has 0 bridgehead atoms. The van der Waals surface area contributed by atoms with Crippen molar-refractivity contribution in [2.45, 2.75) is 6.61 Å². The molecule has 0 saturated carbocycles. The number of anilines is 1. The van der Waals surface area contributed by atoms with E-state index in [0.717, 1.165) is 28.0 Å². The highest BCUT2D eigenvalue weighted by molar-refractivity contribution is 5.84. The summed E-state index contributed by atoms with van der Waals surface area (Å²) in [7, 11) is 1.64. The second kappa shape index (κ2) is 5.71. The van der Waals surface area contributed by atoms with Crippen LogP contribution in [0.2, 0.25) is 0 Å². The molecule has 2 N–H and O–H groups in total. The molecule has 3 rings (SSSR count). The monoisotopic (exact) mass is 280 g/mol. The average Bonchev–Trinajstić information content (AvgIpc) is 2.53. The van der Waals surface area contributed by atoms with Gasteiger partial charge >= 0.3 is 0 Å². The highest BCUT2D eigenvalue weighted by Gasteiger charge is 2.07. The molecule has 0 aliphatic carbocycles. The molecule has 1 aromatic heterocycles. The minimum absolute atomic E-state index is 0.391. The zero-order valence-electron chi connectivity index (χ0n) is 11.7. The van der Waals surface area contributed by atoms with Crippen molar-refractivity contribution in [3.05, 3.63) is 60.3 Å². The number of fused-ring (bicyclic) bond motifs is 1. The Kier molecular flexibility index (Phi) is 3.60. The van der Waals surface area contributed by atoms with Crippen LogP contribution in [0.3, 0.4) is 0 Å². The number of rotatable bonds is 4. The van der Waals surface area contributed by atoms with E-state index in [4.69, 9.17) is 15.2 Å². The van der Waals surface area contributed by atoms with Gasteiger partial charge in [0.25, 0.3) is 0 Å². The summed E-state index contributed by atoms with van der Waals surface area (Å²) >= 11 is 0. The summed E-state index contributed by atoms with van der Waals surface area (Å²) in [5.41, 5.74) is 8.34. The van der Waals surface area contributed by atoms with Gasteiger partial charge in [0.15, 0.2) is 0 Å². The number of ether oxygens (including phenoxy) is 2. The molecule has 4 nitrogen and oxygen atoms in total. The molecule has 1 heterocycles. The number of aromatic nitrogens is 1. The van der Waals surface area contributed by atoms with Gasteiger partial charge in [0.1, 0.15) is 18.1 Å². The smallest absolute Gasteiger partial charge is 0.129 e. The molecule has 0 radical (unpaired) electrons. The van der Waals surface area contributed by atoms with Gasteiger partial charge in [0, 0.05) is 22.8 Å².